The van der Waals surface area contributed by atoms with Crippen LogP contribution in [0.2, 0.25) is 10.2 Å². The van der Waals surface area contributed by atoms with Crippen molar-refractivity contribution >= 4 is 35.1 Å². The fourth-order valence-corrected chi connectivity index (χ4v) is 1.55. The SMILES string of the molecule is CCCNC(=O)C(C)OC(=O)c1nc(Cl)ccc1Cl. The highest BCUT2D eigenvalue weighted by molar-refractivity contribution is 6.34. The molecule has 0 saturated heterocycles. The van der Waals surface area contributed by atoms with E-state index in [-0.39, 0.29) is 21.8 Å². The lowest BCUT2D eigenvalue weighted by molar-refractivity contribution is -0.129. The van der Waals surface area contributed by atoms with Gasteiger partial charge in [0.25, 0.3) is 5.91 Å². The van der Waals surface area contributed by atoms with E-state index in [0.29, 0.717) is 6.54 Å². The number of amides is 1. The number of esters is 1. The van der Waals surface area contributed by atoms with E-state index in [1.165, 1.54) is 19.1 Å². The van der Waals surface area contributed by atoms with Crippen molar-refractivity contribution in [1.29, 1.82) is 0 Å². The largest absolute Gasteiger partial charge is 0.448 e. The first-order chi connectivity index (χ1) is 8.95. The Labute approximate surface area is 121 Å². The summed E-state index contributed by atoms with van der Waals surface area (Å²) < 4.78 is 4.97. The number of carbonyl (C=O) groups is 2. The molecule has 1 N–H and O–H groups in total. The molecule has 5 nitrogen and oxygen atoms in total. The molecule has 19 heavy (non-hydrogen) atoms. The lowest BCUT2D eigenvalue weighted by Gasteiger charge is -2.13. The van der Waals surface area contributed by atoms with Crippen LogP contribution in [-0.4, -0.2) is 29.5 Å². The molecule has 0 fully saturated rings. The molecule has 0 aliphatic rings. The van der Waals surface area contributed by atoms with Gasteiger partial charge in [-0.1, -0.05) is 30.1 Å². The molecular formula is C12H14Cl2N2O3. The van der Waals surface area contributed by atoms with Crippen LogP contribution in [-0.2, 0) is 9.53 Å². The molecule has 1 aromatic rings. The minimum atomic E-state index is -0.920. The summed E-state index contributed by atoms with van der Waals surface area (Å²) >= 11 is 11.5. The Hall–Kier alpha value is -1.33. The Morgan fingerprint density at radius 1 is 1.42 bits per heavy atom. The molecule has 1 heterocycles. The normalized spacial score (nSPS) is 11.8. The van der Waals surface area contributed by atoms with Gasteiger partial charge in [-0.2, -0.15) is 0 Å². The summed E-state index contributed by atoms with van der Waals surface area (Å²) in [5.41, 5.74) is -0.107. The van der Waals surface area contributed by atoms with Crippen LogP contribution in [0.25, 0.3) is 0 Å². The number of halogens is 2. The van der Waals surface area contributed by atoms with Crippen molar-refractivity contribution in [2.45, 2.75) is 26.4 Å². The zero-order chi connectivity index (χ0) is 14.4. The minimum absolute atomic E-state index is 0.107. The second-order valence-corrected chi connectivity index (χ2v) is 4.60. The maximum Gasteiger partial charge on any atom is 0.359 e. The molecule has 0 aliphatic heterocycles. The molecule has 1 unspecified atom stereocenters. The van der Waals surface area contributed by atoms with Crippen molar-refractivity contribution < 1.29 is 14.3 Å². The van der Waals surface area contributed by atoms with Crippen molar-refractivity contribution in [2.24, 2.45) is 0 Å². The van der Waals surface area contributed by atoms with Crippen LogP contribution in [0.1, 0.15) is 30.8 Å². The molecule has 0 bridgehead atoms. The number of nitrogens with one attached hydrogen (secondary N) is 1. The molecule has 1 atom stereocenters. The molecule has 0 spiro atoms. The van der Waals surface area contributed by atoms with Crippen LogP contribution < -0.4 is 5.32 Å². The summed E-state index contributed by atoms with van der Waals surface area (Å²) in [6.45, 7) is 3.92. The number of carbonyl (C=O) groups excluding carboxylic acids is 2. The van der Waals surface area contributed by atoms with Gasteiger partial charge in [-0.25, -0.2) is 9.78 Å². The molecule has 104 valence electrons. The first-order valence-electron chi connectivity index (χ1n) is 5.76. The number of hydrogen-bond acceptors (Lipinski definition) is 4. The van der Waals surface area contributed by atoms with E-state index >= 15 is 0 Å². The number of aromatic nitrogens is 1. The zero-order valence-corrected chi connectivity index (χ0v) is 12.1. The van der Waals surface area contributed by atoms with Gasteiger partial charge < -0.3 is 10.1 Å². The highest BCUT2D eigenvalue weighted by atomic mass is 35.5. The summed E-state index contributed by atoms with van der Waals surface area (Å²) in [4.78, 5) is 27.1. The minimum Gasteiger partial charge on any atom is -0.448 e. The van der Waals surface area contributed by atoms with Crippen molar-refractivity contribution in [2.75, 3.05) is 6.54 Å². The zero-order valence-electron chi connectivity index (χ0n) is 10.6. The van der Waals surface area contributed by atoms with Crippen LogP contribution in [0.15, 0.2) is 12.1 Å². The number of rotatable bonds is 5. The fraction of sp³-hybridized carbons (Fsp3) is 0.417. The lowest BCUT2D eigenvalue weighted by Crippen LogP contribution is -2.36. The molecule has 1 amide bonds. The first kappa shape index (κ1) is 15.7. The number of ether oxygens (including phenoxy) is 1. The standard InChI is InChI=1S/C12H14Cl2N2O3/c1-3-6-15-11(17)7(2)19-12(18)10-8(13)4-5-9(14)16-10/h4-5,7H,3,6H2,1-2H3,(H,15,17). The average molecular weight is 305 g/mol. The van der Waals surface area contributed by atoms with E-state index < -0.39 is 12.1 Å². The second kappa shape index (κ2) is 7.31. The molecule has 1 aromatic heterocycles. The summed E-state index contributed by atoms with van der Waals surface area (Å²) in [5, 5.41) is 2.86. The first-order valence-corrected chi connectivity index (χ1v) is 6.52. The highest BCUT2D eigenvalue weighted by Crippen LogP contribution is 2.18. The summed E-state index contributed by atoms with van der Waals surface area (Å²) in [6, 6.07) is 2.90. The molecule has 1 rings (SSSR count). The van der Waals surface area contributed by atoms with Gasteiger partial charge in [0.05, 0.1) is 5.02 Å². The van der Waals surface area contributed by atoms with Gasteiger partial charge in [0, 0.05) is 6.54 Å². The van der Waals surface area contributed by atoms with Crippen LogP contribution in [0, 0.1) is 0 Å². The van der Waals surface area contributed by atoms with E-state index in [1.54, 1.807) is 0 Å². The Bertz CT molecular complexity index is 480. The van der Waals surface area contributed by atoms with E-state index in [0.717, 1.165) is 6.42 Å². The van der Waals surface area contributed by atoms with Gasteiger partial charge in [-0.3, -0.25) is 4.79 Å². The number of hydrogen-bond donors (Lipinski definition) is 1. The second-order valence-electron chi connectivity index (χ2n) is 3.80. The third-order valence-corrected chi connectivity index (χ3v) is 2.72. The van der Waals surface area contributed by atoms with Crippen LogP contribution in [0.4, 0.5) is 0 Å². The van der Waals surface area contributed by atoms with Gasteiger partial charge in [-0.15, -0.1) is 0 Å². The summed E-state index contributed by atoms with van der Waals surface area (Å²) in [5.74, 6) is -1.15. The van der Waals surface area contributed by atoms with Crippen molar-refractivity contribution in [3.63, 3.8) is 0 Å². The monoisotopic (exact) mass is 304 g/mol. The Kier molecular flexibility index (Phi) is 6.05. The predicted molar refractivity (Wildman–Crippen MR) is 72.4 cm³/mol. The van der Waals surface area contributed by atoms with Crippen LogP contribution >= 0.6 is 23.2 Å². The maximum atomic E-state index is 11.8. The number of nitrogens with zero attached hydrogens (tertiary/aromatic N) is 1. The molecule has 0 saturated carbocycles. The van der Waals surface area contributed by atoms with Gasteiger partial charge in [0.2, 0.25) is 0 Å². The third-order valence-electron chi connectivity index (χ3n) is 2.21. The van der Waals surface area contributed by atoms with E-state index in [9.17, 15) is 9.59 Å². The van der Waals surface area contributed by atoms with Crippen molar-refractivity contribution in [3.05, 3.63) is 28.0 Å². The third kappa shape index (κ3) is 4.69. The van der Waals surface area contributed by atoms with Gasteiger partial charge in [-0.05, 0) is 25.5 Å². The average Bonchev–Trinajstić information content (AvgIpc) is 2.38. The predicted octanol–water partition coefficient (Wildman–Crippen LogP) is 2.46. The van der Waals surface area contributed by atoms with Crippen molar-refractivity contribution in [3.8, 4) is 0 Å². The maximum absolute atomic E-state index is 11.8. The Morgan fingerprint density at radius 2 is 2.11 bits per heavy atom. The lowest BCUT2D eigenvalue weighted by atomic mass is 10.3. The van der Waals surface area contributed by atoms with E-state index in [4.69, 9.17) is 27.9 Å². The quantitative estimate of drug-likeness (QED) is 0.670. The fourth-order valence-electron chi connectivity index (χ4n) is 1.22. The summed E-state index contributed by atoms with van der Waals surface area (Å²) in [7, 11) is 0. The van der Waals surface area contributed by atoms with Crippen LogP contribution in [0.5, 0.6) is 0 Å². The van der Waals surface area contributed by atoms with Gasteiger partial charge in [0.1, 0.15) is 5.15 Å². The van der Waals surface area contributed by atoms with E-state index in [1.807, 2.05) is 6.92 Å². The molecular weight excluding hydrogens is 291 g/mol. The molecule has 0 aromatic carbocycles. The summed E-state index contributed by atoms with van der Waals surface area (Å²) in [6.07, 6.45) is -0.121. The molecule has 7 heteroatoms. The van der Waals surface area contributed by atoms with Gasteiger partial charge in [0.15, 0.2) is 11.8 Å². The Morgan fingerprint density at radius 3 is 2.74 bits per heavy atom. The van der Waals surface area contributed by atoms with Crippen molar-refractivity contribution in [1.82, 2.24) is 10.3 Å². The van der Waals surface area contributed by atoms with Crippen LogP contribution in [0.3, 0.4) is 0 Å². The smallest absolute Gasteiger partial charge is 0.359 e. The highest BCUT2D eigenvalue weighted by Gasteiger charge is 2.21. The Balaban J connectivity index is 2.68. The topological polar surface area (TPSA) is 68.3 Å². The van der Waals surface area contributed by atoms with Gasteiger partial charge >= 0.3 is 5.97 Å². The number of pyridine rings is 1. The molecule has 0 radical (unpaired) electrons. The molecule has 0 aliphatic carbocycles. The van der Waals surface area contributed by atoms with E-state index in [2.05, 4.69) is 10.3 Å².